The van der Waals surface area contributed by atoms with E-state index in [4.69, 9.17) is 0 Å². The van der Waals surface area contributed by atoms with Crippen LogP contribution in [-0.4, -0.2) is 31.1 Å². The number of nitrogens with one attached hydrogen (secondary N) is 1. The zero-order valence-electron chi connectivity index (χ0n) is 12.7. The number of nitro groups is 1. The molecule has 1 heterocycles. The number of piperazine rings is 1. The molecule has 2 aromatic carbocycles. The van der Waals surface area contributed by atoms with Gasteiger partial charge in [0.1, 0.15) is 6.54 Å². The molecule has 2 aromatic rings. The molecular formula is C17H19BrN3O2+. The lowest BCUT2D eigenvalue weighted by atomic mass is 10.2. The van der Waals surface area contributed by atoms with Crippen molar-refractivity contribution >= 4 is 27.3 Å². The van der Waals surface area contributed by atoms with E-state index in [1.54, 1.807) is 17.0 Å². The van der Waals surface area contributed by atoms with Crippen LogP contribution in [0.3, 0.4) is 0 Å². The molecule has 3 rings (SSSR count). The molecule has 0 unspecified atom stereocenters. The molecule has 0 amide bonds. The topological polar surface area (TPSA) is 50.8 Å². The summed E-state index contributed by atoms with van der Waals surface area (Å²) in [5.74, 6) is 0. The molecule has 0 bridgehead atoms. The van der Waals surface area contributed by atoms with E-state index in [9.17, 15) is 10.1 Å². The number of quaternary nitrogens is 1. The van der Waals surface area contributed by atoms with Crippen molar-refractivity contribution in [3.05, 3.63) is 68.7 Å². The molecule has 1 aliphatic heterocycles. The van der Waals surface area contributed by atoms with Crippen LogP contribution in [0.25, 0.3) is 0 Å². The Morgan fingerprint density at radius 2 is 1.65 bits per heavy atom. The normalized spacial score (nSPS) is 15.6. The van der Waals surface area contributed by atoms with Crippen LogP contribution in [-0.2, 0) is 6.54 Å². The summed E-state index contributed by atoms with van der Waals surface area (Å²) in [6.45, 7) is 5.15. The summed E-state index contributed by atoms with van der Waals surface area (Å²) < 4.78 is 1.11. The number of nitro benzene ring substituents is 1. The van der Waals surface area contributed by atoms with Crippen LogP contribution in [0.1, 0.15) is 5.56 Å². The smallest absolute Gasteiger partial charge is 0.269 e. The molecule has 1 saturated heterocycles. The van der Waals surface area contributed by atoms with Crippen molar-refractivity contribution in [2.75, 3.05) is 31.1 Å². The van der Waals surface area contributed by atoms with Gasteiger partial charge in [0.15, 0.2) is 0 Å². The average molecular weight is 377 g/mol. The number of rotatable bonds is 4. The highest BCUT2D eigenvalue weighted by atomic mass is 79.9. The van der Waals surface area contributed by atoms with Crippen LogP contribution < -0.4 is 9.80 Å². The molecule has 1 N–H and O–H groups in total. The fourth-order valence-electron chi connectivity index (χ4n) is 2.93. The summed E-state index contributed by atoms with van der Waals surface area (Å²) in [6.07, 6.45) is 0. The van der Waals surface area contributed by atoms with Gasteiger partial charge >= 0.3 is 0 Å². The van der Waals surface area contributed by atoms with Crippen LogP contribution in [0.5, 0.6) is 0 Å². The molecule has 120 valence electrons. The first-order valence-electron chi connectivity index (χ1n) is 7.69. The van der Waals surface area contributed by atoms with Crippen LogP contribution in [0.2, 0.25) is 0 Å². The predicted octanol–water partition coefficient (Wildman–Crippen LogP) is 2.26. The van der Waals surface area contributed by atoms with E-state index in [1.807, 2.05) is 12.1 Å². The molecule has 5 nitrogen and oxygen atoms in total. The summed E-state index contributed by atoms with van der Waals surface area (Å²) >= 11 is 3.46. The molecule has 0 aliphatic carbocycles. The molecule has 0 aromatic heterocycles. The summed E-state index contributed by atoms with van der Waals surface area (Å²) in [5, 5.41) is 10.7. The zero-order valence-corrected chi connectivity index (χ0v) is 14.3. The lowest BCUT2D eigenvalue weighted by molar-refractivity contribution is -0.914. The van der Waals surface area contributed by atoms with Crippen molar-refractivity contribution in [1.29, 1.82) is 0 Å². The van der Waals surface area contributed by atoms with Gasteiger partial charge in [-0.15, -0.1) is 0 Å². The lowest BCUT2D eigenvalue weighted by Crippen LogP contribution is -3.13. The minimum absolute atomic E-state index is 0.147. The van der Waals surface area contributed by atoms with E-state index in [1.165, 1.54) is 5.56 Å². The van der Waals surface area contributed by atoms with Crippen LogP contribution in [0, 0.1) is 10.1 Å². The van der Waals surface area contributed by atoms with Gasteiger partial charge in [0, 0.05) is 27.9 Å². The SMILES string of the molecule is O=[N+]([O-])c1ccc(N2CC[NH+](Cc3ccc(Br)cc3)CC2)cc1. The first-order valence-corrected chi connectivity index (χ1v) is 8.48. The van der Waals surface area contributed by atoms with Crippen LogP contribution >= 0.6 is 15.9 Å². The van der Waals surface area contributed by atoms with E-state index in [2.05, 4.69) is 45.1 Å². The number of non-ortho nitro benzene ring substituents is 1. The maximum atomic E-state index is 10.7. The first kappa shape index (κ1) is 16.0. The second-order valence-corrected chi connectivity index (χ2v) is 6.73. The Kier molecular flexibility index (Phi) is 4.93. The second kappa shape index (κ2) is 7.10. The van der Waals surface area contributed by atoms with E-state index >= 15 is 0 Å². The number of benzene rings is 2. The summed E-state index contributed by atoms with van der Waals surface area (Å²) in [4.78, 5) is 14.2. The lowest BCUT2D eigenvalue weighted by Gasteiger charge is -2.33. The molecule has 23 heavy (non-hydrogen) atoms. The van der Waals surface area contributed by atoms with Crippen LogP contribution in [0.4, 0.5) is 11.4 Å². The number of nitrogens with zero attached hydrogens (tertiary/aromatic N) is 2. The molecule has 6 heteroatoms. The van der Waals surface area contributed by atoms with Crippen molar-refractivity contribution in [2.24, 2.45) is 0 Å². The third-order valence-electron chi connectivity index (χ3n) is 4.26. The Labute approximate surface area is 143 Å². The predicted molar refractivity (Wildman–Crippen MR) is 93.9 cm³/mol. The highest BCUT2D eigenvalue weighted by Gasteiger charge is 2.20. The summed E-state index contributed by atoms with van der Waals surface area (Å²) in [6, 6.07) is 15.4. The summed E-state index contributed by atoms with van der Waals surface area (Å²) in [7, 11) is 0. The quantitative estimate of drug-likeness (QED) is 0.657. The van der Waals surface area contributed by atoms with E-state index in [-0.39, 0.29) is 10.6 Å². The standard InChI is InChI=1S/C17H18BrN3O2/c18-15-3-1-14(2-4-15)13-19-9-11-20(12-10-19)16-5-7-17(8-6-16)21(22)23/h1-8H,9-13H2/p+1. The minimum Gasteiger partial charge on any atom is -0.360 e. The van der Waals surface area contributed by atoms with Crippen molar-refractivity contribution in [3.8, 4) is 0 Å². The van der Waals surface area contributed by atoms with Crippen molar-refractivity contribution in [1.82, 2.24) is 0 Å². The van der Waals surface area contributed by atoms with Gasteiger partial charge in [-0.3, -0.25) is 10.1 Å². The monoisotopic (exact) mass is 376 g/mol. The van der Waals surface area contributed by atoms with Crippen molar-refractivity contribution in [3.63, 3.8) is 0 Å². The molecule has 1 aliphatic rings. The minimum atomic E-state index is -0.357. The van der Waals surface area contributed by atoms with Gasteiger partial charge in [-0.2, -0.15) is 0 Å². The Bertz CT molecular complexity index is 665. The largest absolute Gasteiger partial charge is 0.360 e. The van der Waals surface area contributed by atoms with Gasteiger partial charge in [-0.1, -0.05) is 28.1 Å². The maximum absolute atomic E-state index is 10.7. The maximum Gasteiger partial charge on any atom is 0.269 e. The van der Waals surface area contributed by atoms with Crippen LogP contribution in [0.15, 0.2) is 53.0 Å². The molecule has 1 fully saturated rings. The number of halogens is 1. The Morgan fingerprint density at radius 3 is 2.22 bits per heavy atom. The molecule has 0 atom stereocenters. The zero-order chi connectivity index (χ0) is 16.2. The number of hydrogen-bond donors (Lipinski definition) is 1. The highest BCUT2D eigenvalue weighted by Crippen LogP contribution is 2.19. The van der Waals surface area contributed by atoms with Crippen molar-refractivity contribution < 1.29 is 9.82 Å². The third kappa shape index (κ3) is 4.09. The van der Waals surface area contributed by atoms with Gasteiger partial charge in [0.25, 0.3) is 5.69 Å². The molecule has 0 radical (unpaired) electrons. The highest BCUT2D eigenvalue weighted by molar-refractivity contribution is 9.10. The Hall–Kier alpha value is -1.92. The molecule has 0 spiro atoms. The average Bonchev–Trinajstić information content (AvgIpc) is 2.58. The summed E-state index contributed by atoms with van der Waals surface area (Å²) in [5.41, 5.74) is 2.57. The van der Waals surface area contributed by atoms with Gasteiger partial charge in [0.05, 0.1) is 31.1 Å². The molecular weight excluding hydrogens is 358 g/mol. The van der Waals surface area contributed by atoms with E-state index in [0.717, 1.165) is 42.9 Å². The van der Waals surface area contributed by atoms with Gasteiger partial charge in [0.2, 0.25) is 0 Å². The van der Waals surface area contributed by atoms with Crippen molar-refractivity contribution in [2.45, 2.75) is 6.54 Å². The van der Waals surface area contributed by atoms with Gasteiger partial charge in [-0.25, -0.2) is 0 Å². The van der Waals surface area contributed by atoms with E-state index in [0.29, 0.717) is 0 Å². The number of hydrogen-bond acceptors (Lipinski definition) is 3. The fraction of sp³-hybridized carbons (Fsp3) is 0.294. The van der Waals surface area contributed by atoms with E-state index < -0.39 is 0 Å². The molecule has 0 saturated carbocycles. The van der Waals surface area contributed by atoms with Gasteiger partial charge in [-0.05, 0) is 24.3 Å². The second-order valence-electron chi connectivity index (χ2n) is 5.81. The first-order chi connectivity index (χ1) is 11.1. The fourth-order valence-corrected chi connectivity index (χ4v) is 3.20. The Balaban J connectivity index is 1.55. The van der Waals surface area contributed by atoms with Gasteiger partial charge < -0.3 is 9.80 Å². The third-order valence-corrected chi connectivity index (χ3v) is 4.79. The number of anilines is 1. The Morgan fingerprint density at radius 1 is 1.04 bits per heavy atom.